The molecule has 28 heavy (non-hydrogen) atoms. The van der Waals surface area contributed by atoms with Gasteiger partial charge in [-0.3, -0.25) is 9.59 Å². The molecule has 0 spiro atoms. The summed E-state index contributed by atoms with van der Waals surface area (Å²) < 4.78 is 1.29. The number of hydrogen-bond donors (Lipinski definition) is 2. The molecule has 6 nitrogen and oxygen atoms in total. The van der Waals surface area contributed by atoms with Crippen molar-refractivity contribution in [3.8, 4) is 0 Å². The monoisotopic (exact) mass is 396 g/mol. The van der Waals surface area contributed by atoms with E-state index in [1.165, 1.54) is 10.9 Å². The van der Waals surface area contributed by atoms with Crippen molar-refractivity contribution in [2.75, 3.05) is 5.32 Å². The van der Waals surface area contributed by atoms with E-state index < -0.39 is 11.6 Å². The van der Waals surface area contributed by atoms with Gasteiger partial charge in [-0.1, -0.05) is 72.3 Å². The minimum absolute atomic E-state index is 0.00800. The highest BCUT2D eigenvalue weighted by Gasteiger charge is 2.16. The number of hydrogen-bond acceptors (Lipinski definition) is 4. The second-order valence-electron chi connectivity index (χ2n) is 6.39. The molecule has 2 aromatic carbocycles. The van der Waals surface area contributed by atoms with Gasteiger partial charge < -0.3 is 10.6 Å². The van der Waals surface area contributed by atoms with Gasteiger partial charge in [0, 0.05) is 6.54 Å². The zero-order valence-electron chi connectivity index (χ0n) is 15.4. The summed E-state index contributed by atoms with van der Waals surface area (Å²) in [6.07, 6.45) is 1.47. The van der Waals surface area contributed by atoms with Crippen molar-refractivity contribution in [1.82, 2.24) is 15.1 Å². The lowest BCUT2D eigenvalue weighted by Gasteiger charge is -2.16. The Morgan fingerprint density at radius 3 is 2.32 bits per heavy atom. The third-order valence-corrected chi connectivity index (χ3v) is 4.60. The molecule has 2 N–H and O–H groups in total. The van der Waals surface area contributed by atoms with E-state index in [1.54, 1.807) is 6.92 Å². The maximum absolute atomic E-state index is 12.5. The maximum atomic E-state index is 12.5. The molecule has 3 rings (SSSR count). The summed E-state index contributed by atoms with van der Waals surface area (Å²) in [5.74, 6) is -0.201. The molecular weight excluding hydrogens is 376 g/mol. The first-order valence-corrected chi connectivity index (χ1v) is 9.30. The zero-order valence-corrected chi connectivity index (χ0v) is 16.2. The van der Waals surface area contributed by atoms with Gasteiger partial charge in [0.15, 0.2) is 0 Å². The van der Waals surface area contributed by atoms with Crippen LogP contribution in [0.5, 0.6) is 0 Å². The highest BCUT2D eigenvalue weighted by Crippen LogP contribution is 2.17. The van der Waals surface area contributed by atoms with Crippen LogP contribution >= 0.6 is 11.6 Å². The molecule has 7 heteroatoms. The van der Waals surface area contributed by atoms with E-state index in [0.717, 1.165) is 11.1 Å². The molecule has 0 aliphatic heterocycles. The van der Waals surface area contributed by atoms with E-state index in [4.69, 9.17) is 11.6 Å². The van der Waals surface area contributed by atoms with Crippen molar-refractivity contribution in [1.29, 1.82) is 0 Å². The average molecular weight is 397 g/mol. The van der Waals surface area contributed by atoms with Gasteiger partial charge in [0.2, 0.25) is 5.91 Å². The third kappa shape index (κ3) is 4.98. The van der Waals surface area contributed by atoms with Gasteiger partial charge in [-0.2, -0.15) is 5.10 Å². The Hall–Kier alpha value is -3.12. The number of nitrogens with one attached hydrogen (secondary N) is 2. The van der Waals surface area contributed by atoms with Crippen LogP contribution in [0.1, 0.15) is 18.1 Å². The van der Waals surface area contributed by atoms with Crippen LogP contribution in [0.4, 0.5) is 5.69 Å². The molecule has 0 radical (unpaired) electrons. The third-order valence-electron chi connectivity index (χ3n) is 4.23. The number of carbonyl (C=O) groups is 1. The van der Waals surface area contributed by atoms with Gasteiger partial charge in [-0.05, 0) is 18.1 Å². The summed E-state index contributed by atoms with van der Waals surface area (Å²) in [6.45, 7) is 2.45. The van der Waals surface area contributed by atoms with Crippen molar-refractivity contribution < 1.29 is 4.79 Å². The lowest BCUT2D eigenvalue weighted by Crippen LogP contribution is -2.37. The summed E-state index contributed by atoms with van der Waals surface area (Å²) in [4.78, 5) is 24.8. The van der Waals surface area contributed by atoms with E-state index >= 15 is 0 Å². The van der Waals surface area contributed by atoms with Crippen LogP contribution in [-0.2, 0) is 17.9 Å². The van der Waals surface area contributed by atoms with Crippen molar-refractivity contribution in [3.05, 3.63) is 93.4 Å². The summed E-state index contributed by atoms with van der Waals surface area (Å²) in [5.41, 5.74) is 1.87. The predicted octanol–water partition coefficient (Wildman–Crippen LogP) is 3.06. The van der Waals surface area contributed by atoms with E-state index in [2.05, 4.69) is 15.7 Å². The first kappa shape index (κ1) is 19.6. The average Bonchev–Trinajstić information content (AvgIpc) is 2.73. The molecule has 144 valence electrons. The number of carbonyl (C=O) groups excluding carboxylic acids is 1. The van der Waals surface area contributed by atoms with Crippen molar-refractivity contribution >= 4 is 23.2 Å². The standard InChI is InChI=1S/C21H21ClN4O2/c1-15(20(27)23-12-16-8-4-2-5-9-16)25-18-13-24-26(21(28)19(18)22)14-17-10-6-3-7-11-17/h2-11,13,15,25H,12,14H2,1H3,(H,23,27). The number of anilines is 1. The fourth-order valence-electron chi connectivity index (χ4n) is 2.67. The van der Waals surface area contributed by atoms with Crippen LogP contribution in [0.25, 0.3) is 0 Å². The molecule has 1 atom stereocenters. The van der Waals surface area contributed by atoms with Crippen LogP contribution in [0.15, 0.2) is 71.7 Å². The molecule has 1 aromatic heterocycles. The Balaban J connectivity index is 1.64. The maximum Gasteiger partial charge on any atom is 0.287 e. The summed E-state index contributed by atoms with van der Waals surface area (Å²) in [5, 5.41) is 9.98. The van der Waals surface area contributed by atoms with Crippen LogP contribution in [0, 0.1) is 0 Å². The normalized spacial score (nSPS) is 11.6. The van der Waals surface area contributed by atoms with Gasteiger partial charge in [0.25, 0.3) is 5.56 Å². The van der Waals surface area contributed by atoms with Crippen LogP contribution in [0.2, 0.25) is 5.02 Å². The number of amides is 1. The Kier molecular flexibility index (Phi) is 6.45. The smallest absolute Gasteiger partial charge is 0.287 e. The quantitative estimate of drug-likeness (QED) is 0.643. The Bertz CT molecular complexity index is 990. The minimum atomic E-state index is -0.576. The van der Waals surface area contributed by atoms with Gasteiger partial charge in [-0.25, -0.2) is 4.68 Å². The molecule has 0 fully saturated rings. The molecule has 1 heterocycles. The number of rotatable bonds is 7. The number of halogens is 1. The van der Waals surface area contributed by atoms with Gasteiger partial charge in [0.1, 0.15) is 11.1 Å². The molecule has 1 unspecified atom stereocenters. The van der Waals surface area contributed by atoms with Gasteiger partial charge in [-0.15, -0.1) is 0 Å². The second-order valence-corrected chi connectivity index (χ2v) is 6.77. The van der Waals surface area contributed by atoms with E-state index in [9.17, 15) is 9.59 Å². The molecule has 1 amide bonds. The minimum Gasteiger partial charge on any atom is -0.371 e. The first-order chi connectivity index (χ1) is 13.5. The number of nitrogens with zero attached hydrogens (tertiary/aromatic N) is 2. The molecule has 0 saturated heterocycles. The fraction of sp³-hybridized carbons (Fsp3) is 0.190. The zero-order chi connectivity index (χ0) is 19.9. The number of benzene rings is 2. The highest BCUT2D eigenvalue weighted by atomic mass is 35.5. The molecular formula is C21H21ClN4O2. The molecule has 0 aliphatic rings. The topological polar surface area (TPSA) is 76.0 Å². The van der Waals surface area contributed by atoms with Crippen molar-refractivity contribution in [2.45, 2.75) is 26.1 Å². The molecule has 0 bridgehead atoms. The predicted molar refractivity (Wildman–Crippen MR) is 110 cm³/mol. The van der Waals surface area contributed by atoms with E-state index in [1.807, 2.05) is 60.7 Å². The fourth-order valence-corrected chi connectivity index (χ4v) is 2.87. The first-order valence-electron chi connectivity index (χ1n) is 8.92. The Labute approximate surface area is 168 Å². The summed E-state index contributed by atoms with van der Waals surface area (Å²) in [7, 11) is 0. The van der Waals surface area contributed by atoms with E-state index in [0.29, 0.717) is 18.8 Å². The lowest BCUT2D eigenvalue weighted by molar-refractivity contribution is -0.121. The second kappa shape index (κ2) is 9.19. The van der Waals surface area contributed by atoms with Crippen LogP contribution in [-0.4, -0.2) is 21.7 Å². The lowest BCUT2D eigenvalue weighted by atomic mass is 10.2. The Morgan fingerprint density at radius 2 is 1.68 bits per heavy atom. The summed E-state index contributed by atoms with van der Waals surface area (Å²) in [6, 6.07) is 18.6. The molecule has 0 saturated carbocycles. The van der Waals surface area contributed by atoms with Crippen LogP contribution in [0.3, 0.4) is 0 Å². The van der Waals surface area contributed by atoms with Gasteiger partial charge >= 0.3 is 0 Å². The SMILES string of the molecule is CC(Nc1cnn(Cc2ccccc2)c(=O)c1Cl)C(=O)NCc1ccccc1. The van der Waals surface area contributed by atoms with Crippen molar-refractivity contribution in [2.24, 2.45) is 0 Å². The van der Waals surface area contributed by atoms with E-state index in [-0.39, 0.29) is 10.9 Å². The summed E-state index contributed by atoms with van der Waals surface area (Å²) >= 11 is 6.22. The van der Waals surface area contributed by atoms with Gasteiger partial charge in [0.05, 0.1) is 18.4 Å². The number of aromatic nitrogens is 2. The highest BCUT2D eigenvalue weighted by molar-refractivity contribution is 6.33. The largest absolute Gasteiger partial charge is 0.371 e. The van der Waals surface area contributed by atoms with Crippen molar-refractivity contribution in [3.63, 3.8) is 0 Å². The van der Waals surface area contributed by atoms with Crippen LogP contribution < -0.4 is 16.2 Å². The molecule has 0 aliphatic carbocycles. The molecule has 3 aromatic rings. The Morgan fingerprint density at radius 1 is 1.07 bits per heavy atom.